The van der Waals surface area contributed by atoms with Crippen LogP contribution < -0.4 is 5.32 Å². The van der Waals surface area contributed by atoms with Gasteiger partial charge in [-0.3, -0.25) is 9.59 Å². The first-order chi connectivity index (χ1) is 9.78. The molecule has 0 aromatic rings. The Hall–Kier alpha value is -1.14. The minimum atomic E-state index is -0.460. The van der Waals surface area contributed by atoms with Gasteiger partial charge in [0.15, 0.2) is 0 Å². The highest BCUT2D eigenvalue weighted by Crippen LogP contribution is 2.13. The molecule has 0 atom stereocenters. The van der Waals surface area contributed by atoms with E-state index >= 15 is 0 Å². The number of ether oxygens (including phenoxy) is 1. The SMILES string of the molecule is CC(C)(C)OC(=O)N1CCC(=O)CC1.Cl.O=C1CCNCC1. The summed E-state index contributed by atoms with van der Waals surface area (Å²) in [4.78, 5) is 34.5. The molecule has 0 radical (unpaired) electrons. The Kier molecular flexibility index (Phi) is 9.28. The van der Waals surface area contributed by atoms with E-state index in [1.54, 1.807) is 4.90 Å². The Morgan fingerprint density at radius 2 is 1.45 bits per heavy atom. The second-order valence-electron chi connectivity index (χ2n) is 6.29. The fraction of sp³-hybridized carbons (Fsp3) is 0.800. The van der Waals surface area contributed by atoms with Crippen LogP contribution in [0.4, 0.5) is 4.79 Å². The van der Waals surface area contributed by atoms with Crippen LogP contribution in [0.3, 0.4) is 0 Å². The lowest BCUT2D eigenvalue weighted by Gasteiger charge is -2.29. The summed E-state index contributed by atoms with van der Waals surface area (Å²) in [5, 5.41) is 3.09. The number of nitrogens with zero attached hydrogens (tertiary/aromatic N) is 1. The number of ketones is 2. The van der Waals surface area contributed by atoms with Gasteiger partial charge in [-0.15, -0.1) is 12.4 Å². The lowest BCUT2D eigenvalue weighted by molar-refractivity contribution is -0.121. The number of halogens is 1. The van der Waals surface area contributed by atoms with Crippen LogP contribution >= 0.6 is 12.4 Å². The Morgan fingerprint density at radius 3 is 1.82 bits per heavy atom. The average molecular weight is 335 g/mol. The monoisotopic (exact) mass is 334 g/mol. The van der Waals surface area contributed by atoms with Gasteiger partial charge in [-0.2, -0.15) is 0 Å². The van der Waals surface area contributed by atoms with E-state index in [-0.39, 0.29) is 24.3 Å². The number of carbonyl (C=O) groups is 3. The Balaban J connectivity index is 0.000000465. The molecule has 0 aromatic heterocycles. The van der Waals surface area contributed by atoms with Crippen LogP contribution in [0.25, 0.3) is 0 Å². The number of likely N-dealkylation sites (tertiary alicyclic amines) is 1. The smallest absolute Gasteiger partial charge is 0.410 e. The van der Waals surface area contributed by atoms with Crippen LogP contribution in [-0.4, -0.2) is 54.3 Å². The van der Waals surface area contributed by atoms with Gasteiger partial charge in [0.2, 0.25) is 0 Å². The molecule has 2 heterocycles. The van der Waals surface area contributed by atoms with Crippen LogP contribution in [0.1, 0.15) is 46.5 Å². The number of amides is 1. The standard InChI is InChI=1S/C10H17NO3.C5H9NO.ClH/c1-10(2,3)14-9(13)11-6-4-8(12)5-7-11;7-5-1-3-6-4-2-5;/h4-7H2,1-3H3;6H,1-4H2;1H. The molecule has 7 heteroatoms. The minimum Gasteiger partial charge on any atom is -0.444 e. The molecule has 0 unspecified atom stereocenters. The number of nitrogens with one attached hydrogen (secondary N) is 1. The van der Waals surface area contributed by atoms with Gasteiger partial charge in [0.1, 0.15) is 17.2 Å². The third kappa shape index (κ3) is 9.00. The summed E-state index contributed by atoms with van der Waals surface area (Å²) < 4.78 is 5.19. The molecule has 0 saturated carbocycles. The average Bonchev–Trinajstić information content (AvgIpc) is 2.39. The van der Waals surface area contributed by atoms with E-state index in [0.29, 0.717) is 31.7 Å². The second-order valence-corrected chi connectivity index (χ2v) is 6.29. The van der Waals surface area contributed by atoms with Crippen molar-refractivity contribution >= 4 is 30.1 Å². The van der Waals surface area contributed by atoms with E-state index in [1.807, 2.05) is 20.8 Å². The largest absolute Gasteiger partial charge is 0.444 e. The van der Waals surface area contributed by atoms with Crippen molar-refractivity contribution in [2.75, 3.05) is 26.2 Å². The predicted molar refractivity (Wildman–Crippen MR) is 86.4 cm³/mol. The minimum absolute atomic E-state index is 0. The van der Waals surface area contributed by atoms with Gasteiger partial charge in [0.25, 0.3) is 0 Å². The highest BCUT2D eigenvalue weighted by Gasteiger charge is 2.25. The molecule has 128 valence electrons. The maximum absolute atomic E-state index is 11.5. The third-order valence-electron chi connectivity index (χ3n) is 3.13. The molecule has 0 bridgehead atoms. The summed E-state index contributed by atoms with van der Waals surface area (Å²) in [7, 11) is 0. The van der Waals surface area contributed by atoms with E-state index in [0.717, 1.165) is 25.9 Å². The number of Topliss-reactive ketones (excluding diaryl/α,β-unsaturated/α-hetero) is 2. The predicted octanol–water partition coefficient (Wildman–Crippen LogP) is 1.95. The van der Waals surface area contributed by atoms with Crippen LogP contribution in [0.5, 0.6) is 0 Å². The summed E-state index contributed by atoms with van der Waals surface area (Å²) in [5.41, 5.74) is -0.460. The van der Waals surface area contributed by atoms with Gasteiger partial charge >= 0.3 is 6.09 Å². The van der Waals surface area contributed by atoms with Crippen molar-refractivity contribution in [1.29, 1.82) is 0 Å². The molecular formula is C15H27ClN2O4. The molecule has 0 aromatic carbocycles. The summed E-state index contributed by atoms with van der Waals surface area (Å²) >= 11 is 0. The molecule has 1 amide bonds. The molecule has 2 aliphatic heterocycles. The molecule has 6 nitrogen and oxygen atoms in total. The maximum atomic E-state index is 11.5. The molecule has 1 N–H and O–H groups in total. The Bertz CT molecular complexity index is 375. The van der Waals surface area contributed by atoms with Crippen molar-refractivity contribution in [1.82, 2.24) is 10.2 Å². The van der Waals surface area contributed by atoms with Crippen molar-refractivity contribution in [3.63, 3.8) is 0 Å². The number of carbonyl (C=O) groups excluding carboxylic acids is 3. The van der Waals surface area contributed by atoms with Crippen molar-refractivity contribution in [3.05, 3.63) is 0 Å². The van der Waals surface area contributed by atoms with Gasteiger partial charge in [0, 0.05) is 51.9 Å². The van der Waals surface area contributed by atoms with E-state index in [9.17, 15) is 14.4 Å². The van der Waals surface area contributed by atoms with Gasteiger partial charge in [-0.25, -0.2) is 4.79 Å². The number of hydrogen-bond acceptors (Lipinski definition) is 5. The number of rotatable bonds is 0. The zero-order chi connectivity index (χ0) is 15.9. The van der Waals surface area contributed by atoms with Crippen LogP contribution in [0, 0.1) is 0 Å². The molecule has 22 heavy (non-hydrogen) atoms. The number of hydrogen-bond donors (Lipinski definition) is 1. The molecule has 2 aliphatic rings. The van der Waals surface area contributed by atoms with Crippen LogP contribution in [0.2, 0.25) is 0 Å². The molecule has 2 saturated heterocycles. The van der Waals surface area contributed by atoms with Gasteiger partial charge in [-0.05, 0) is 20.8 Å². The lowest BCUT2D eigenvalue weighted by atomic mass is 10.1. The fourth-order valence-corrected chi connectivity index (χ4v) is 1.97. The summed E-state index contributed by atoms with van der Waals surface area (Å²) in [6.45, 7) is 8.26. The normalized spacial score (nSPS) is 18.8. The lowest BCUT2D eigenvalue weighted by Crippen LogP contribution is -2.41. The maximum Gasteiger partial charge on any atom is 0.410 e. The second kappa shape index (κ2) is 9.79. The van der Waals surface area contributed by atoms with E-state index in [4.69, 9.17) is 4.74 Å². The zero-order valence-corrected chi connectivity index (χ0v) is 14.5. The summed E-state index contributed by atoms with van der Waals surface area (Å²) in [6, 6.07) is 0. The van der Waals surface area contributed by atoms with Crippen molar-refractivity contribution in [2.24, 2.45) is 0 Å². The molecule has 0 spiro atoms. The topological polar surface area (TPSA) is 75.7 Å². The molecule has 2 rings (SSSR count). The number of piperidine rings is 2. The Labute approximate surface area is 138 Å². The third-order valence-corrected chi connectivity index (χ3v) is 3.13. The van der Waals surface area contributed by atoms with Crippen molar-refractivity contribution in [3.8, 4) is 0 Å². The van der Waals surface area contributed by atoms with Crippen LogP contribution in [0.15, 0.2) is 0 Å². The van der Waals surface area contributed by atoms with E-state index in [2.05, 4.69) is 5.32 Å². The van der Waals surface area contributed by atoms with Gasteiger partial charge < -0.3 is 15.0 Å². The first kappa shape index (κ1) is 20.9. The molecule has 2 fully saturated rings. The zero-order valence-electron chi connectivity index (χ0n) is 13.6. The van der Waals surface area contributed by atoms with E-state index in [1.165, 1.54) is 0 Å². The Morgan fingerprint density at radius 1 is 1.00 bits per heavy atom. The summed E-state index contributed by atoms with van der Waals surface area (Å²) in [5.74, 6) is 0.628. The molecule has 0 aliphatic carbocycles. The first-order valence-corrected chi connectivity index (χ1v) is 7.50. The van der Waals surface area contributed by atoms with Crippen molar-refractivity contribution < 1.29 is 19.1 Å². The van der Waals surface area contributed by atoms with Gasteiger partial charge in [-0.1, -0.05) is 0 Å². The molecular weight excluding hydrogens is 308 g/mol. The summed E-state index contributed by atoms with van der Waals surface area (Å²) in [6.07, 6.45) is 2.07. The van der Waals surface area contributed by atoms with E-state index < -0.39 is 5.60 Å². The van der Waals surface area contributed by atoms with Crippen molar-refractivity contribution in [2.45, 2.75) is 52.1 Å². The fourth-order valence-electron chi connectivity index (χ4n) is 1.97. The highest BCUT2D eigenvalue weighted by molar-refractivity contribution is 5.85. The van der Waals surface area contributed by atoms with Crippen LogP contribution in [-0.2, 0) is 14.3 Å². The quantitative estimate of drug-likeness (QED) is 0.732. The van der Waals surface area contributed by atoms with Gasteiger partial charge in [0.05, 0.1) is 0 Å². The first-order valence-electron chi connectivity index (χ1n) is 7.50. The highest BCUT2D eigenvalue weighted by atomic mass is 35.5.